The fourth-order valence-corrected chi connectivity index (χ4v) is 2.52. The van der Waals surface area contributed by atoms with Crippen molar-refractivity contribution in [1.82, 2.24) is 10.2 Å². The average molecular weight is 264 g/mol. The first-order valence-corrected chi connectivity index (χ1v) is 5.62. The van der Waals surface area contributed by atoms with Crippen LogP contribution in [0.5, 0.6) is 0 Å². The van der Waals surface area contributed by atoms with Crippen molar-refractivity contribution in [1.29, 1.82) is 0 Å². The molecular weight excluding hydrogens is 254 g/mol. The molecule has 0 bridgehead atoms. The van der Waals surface area contributed by atoms with Gasteiger partial charge in [0.1, 0.15) is 0 Å². The Morgan fingerprint density at radius 3 is 3.13 bits per heavy atom. The topological polar surface area (TPSA) is 40.7 Å². The first kappa shape index (κ1) is 8.97. The molecule has 1 aliphatic rings. The van der Waals surface area contributed by atoms with E-state index in [-0.39, 0.29) is 0 Å². The Kier molecular flexibility index (Phi) is 1.85. The summed E-state index contributed by atoms with van der Waals surface area (Å²) in [5.74, 6) is 0.956. The van der Waals surface area contributed by atoms with Crippen LogP contribution in [0.25, 0.3) is 11.3 Å². The summed E-state index contributed by atoms with van der Waals surface area (Å²) in [7, 11) is 1.90. The number of aromatic amines is 1. The molecule has 2 aromatic rings. The molecule has 0 spiro atoms. The lowest BCUT2D eigenvalue weighted by atomic mass is 10.1. The van der Waals surface area contributed by atoms with E-state index in [1.165, 1.54) is 16.7 Å². The predicted molar refractivity (Wildman–Crippen MR) is 64.1 cm³/mol. The quantitative estimate of drug-likeness (QED) is 0.709. The highest BCUT2D eigenvalue weighted by molar-refractivity contribution is 9.10. The number of hydrogen-bond donors (Lipinski definition) is 2. The van der Waals surface area contributed by atoms with Gasteiger partial charge in [0.2, 0.25) is 0 Å². The average Bonchev–Trinajstić information content (AvgIpc) is 2.74. The molecule has 1 aromatic carbocycles. The summed E-state index contributed by atoms with van der Waals surface area (Å²) in [6, 6.07) is 6.36. The molecule has 3 rings (SSSR count). The van der Waals surface area contributed by atoms with Crippen LogP contribution in [-0.2, 0) is 6.42 Å². The van der Waals surface area contributed by atoms with E-state index in [2.05, 4.69) is 49.6 Å². The summed E-state index contributed by atoms with van der Waals surface area (Å²) in [5, 5.41) is 10.4. The van der Waals surface area contributed by atoms with Crippen LogP contribution in [0, 0.1) is 0 Å². The molecule has 4 heteroatoms. The first-order chi connectivity index (χ1) is 7.29. The third-order valence-corrected chi connectivity index (χ3v) is 3.30. The van der Waals surface area contributed by atoms with Crippen molar-refractivity contribution < 1.29 is 0 Å². The maximum Gasteiger partial charge on any atom is 0.151 e. The van der Waals surface area contributed by atoms with Crippen molar-refractivity contribution >= 4 is 21.7 Å². The summed E-state index contributed by atoms with van der Waals surface area (Å²) in [5.41, 5.74) is 5.04. The number of nitrogens with one attached hydrogen (secondary N) is 2. The number of H-pyrrole nitrogens is 1. The van der Waals surface area contributed by atoms with Crippen LogP contribution in [0.15, 0.2) is 22.7 Å². The lowest BCUT2D eigenvalue weighted by molar-refractivity contribution is 1.09. The van der Waals surface area contributed by atoms with Crippen molar-refractivity contribution in [2.45, 2.75) is 6.42 Å². The summed E-state index contributed by atoms with van der Waals surface area (Å²) in [6.07, 6.45) is 0.955. The zero-order chi connectivity index (χ0) is 10.4. The van der Waals surface area contributed by atoms with Crippen molar-refractivity contribution in [2.24, 2.45) is 0 Å². The molecular formula is C11H10BrN3. The minimum atomic E-state index is 0.955. The van der Waals surface area contributed by atoms with E-state index in [1.54, 1.807) is 0 Å². The van der Waals surface area contributed by atoms with E-state index in [0.29, 0.717) is 0 Å². The maximum absolute atomic E-state index is 4.23. The van der Waals surface area contributed by atoms with E-state index >= 15 is 0 Å². The predicted octanol–water partition coefficient (Wildman–Crippen LogP) is 2.79. The smallest absolute Gasteiger partial charge is 0.151 e. The van der Waals surface area contributed by atoms with Crippen LogP contribution in [-0.4, -0.2) is 17.2 Å². The molecule has 1 aromatic heterocycles. The Hall–Kier alpha value is -1.29. The Bertz CT molecular complexity index is 531. The molecule has 0 saturated carbocycles. The second-order valence-corrected chi connectivity index (χ2v) is 4.57. The SMILES string of the molecule is CNc1n[nH]c2c1Cc1cc(Br)ccc1-2. The van der Waals surface area contributed by atoms with Crippen molar-refractivity contribution in [2.75, 3.05) is 12.4 Å². The maximum atomic E-state index is 4.23. The standard InChI is InChI=1S/C11H10BrN3/c1-13-11-9-5-6-4-7(12)2-3-8(6)10(9)14-15-11/h2-4H,5H2,1H3,(H2,13,14,15). The van der Waals surface area contributed by atoms with E-state index in [9.17, 15) is 0 Å². The Balaban J connectivity index is 2.20. The Labute approximate surface area is 96.0 Å². The normalized spacial score (nSPS) is 12.4. The van der Waals surface area contributed by atoms with E-state index in [4.69, 9.17) is 0 Å². The highest BCUT2D eigenvalue weighted by Crippen LogP contribution is 2.39. The molecule has 76 valence electrons. The van der Waals surface area contributed by atoms with Gasteiger partial charge in [-0.05, 0) is 17.7 Å². The fraction of sp³-hybridized carbons (Fsp3) is 0.182. The third-order valence-electron chi connectivity index (χ3n) is 2.81. The highest BCUT2D eigenvalue weighted by Gasteiger charge is 2.23. The molecule has 1 heterocycles. The molecule has 0 amide bonds. The molecule has 0 radical (unpaired) electrons. The second-order valence-electron chi connectivity index (χ2n) is 3.65. The fourth-order valence-electron chi connectivity index (χ4n) is 2.11. The number of benzene rings is 1. The van der Waals surface area contributed by atoms with Gasteiger partial charge >= 0.3 is 0 Å². The van der Waals surface area contributed by atoms with Crippen LogP contribution in [0.1, 0.15) is 11.1 Å². The lowest BCUT2D eigenvalue weighted by Gasteiger charge is -1.99. The molecule has 1 aliphatic carbocycles. The molecule has 0 saturated heterocycles. The van der Waals surface area contributed by atoms with Crippen LogP contribution in [0.4, 0.5) is 5.82 Å². The lowest BCUT2D eigenvalue weighted by Crippen LogP contribution is -1.92. The van der Waals surface area contributed by atoms with E-state index in [1.807, 2.05) is 7.05 Å². The zero-order valence-electron chi connectivity index (χ0n) is 8.26. The molecule has 3 nitrogen and oxygen atoms in total. The third kappa shape index (κ3) is 1.21. The van der Waals surface area contributed by atoms with Crippen molar-refractivity contribution in [3.8, 4) is 11.3 Å². The number of halogens is 1. The molecule has 2 N–H and O–H groups in total. The highest BCUT2D eigenvalue weighted by atomic mass is 79.9. The number of anilines is 1. The number of rotatable bonds is 1. The zero-order valence-corrected chi connectivity index (χ0v) is 9.85. The van der Waals surface area contributed by atoms with Gasteiger partial charge in [-0.3, -0.25) is 5.10 Å². The summed E-state index contributed by atoms with van der Waals surface area (Å²) < 4.78 is 1.13. The van der Waals surface area contributed by atoms with Gasteiger partial charge in [0.05, 0.1) is 5.69 Å². The van der Waals surface area contributed by atoms with Gasteiger partial charge in [0.25, 0.3) is 0 Å². The van der Waals surface area contributed by atoms with Gasteiger partial charge in [-0.25, -0.2) is 0 Å². The van der Waals surface area contributed by atoms with Gasteiger partial charge in [-0.15, -0.1) is 0 Å². The summed E-state index contributed by atoms with van der Waals surface area (Å²) in [6.45, 7) is 0. The molecule has 15 heavy (non-hydrogen) atoms. The van der Waals surface area contributed by atoms with Gasteiger partial charge in [-0.1, -0.05) is 22.0 Å². The Morgan fingerprint density at radius 1 is 1.47 bits per heavy atom. The van der Waals surface area contributed by atoms with E-state index in [0.717, 1.165) is 22.4 Å². The molecule has 0 unspecified atom stereocenters. The monoisotopic (exact) mass is 263 g/mol. The van der Waals surface area contributed by atoms with Crippen LogP contribution in [0.2, 0.25) is 0 Å². The number of hydrogen-bond acceptors (Lipinski definition) is 2. The van der Waals surface area contributed by atoms with Gasteiger partial charge in [-0.2, -0.15) is 5.10 Å². The van der Waals surface area contributed by atoms with Gasteiger partial charge in [0, 0.05) is 29.1 Å². The molecule has 0 atom stereocenters. The van der Waals surface area contributed by atoms with Crippen LogP contribution < -0.4 is 5.32 Å². The number of aromatic nitrogens is 2. The molecule has 0 aliphatic heterocycles. The largest absolute Gasteiger partial charge is 0.371 e. The molecule has 0 fully saturated rings. The first-order valence-electron chi connectivity index (χ1n) is 4.83. The van der Waals surface area contributed by atoms with Crippen molar-refractivity contribution in [3.63, 3.8) is 0 Å². The van der Waals surface area contributed by atoms with Gasteiger partial charge < -0.3 is 5.32 Å². The Morgan fingerprint density at radius 2 is 2.33 bits per heavy atom. The van der Waals surface area contributed by atoms with Gasteiger partial charge in [0.15, 0.2) is 5.82 Å². The number of nitrogens with zero attached hydrogens (tertiary/aromatic N) is 1. The number of fused-ring (bicyclic) bond motifs is 3. The summed E-state index contributed by atoms with van der Waals surface area (Å²) in [4.78, 5) is 0. The van der Waals surface area contributed by atoms with E-state index < -0.39 is 0 Å². The second kappa shape index (κ2) is 3.10. The minimum Gasteiger partial charge on any atom is -0.371 e. The minimum absolute atomic E-state index is 0.955. The van der Waals surface area contributed by atoms with Crippen LogP contribution >= 0.6 is 15.9 Å². The summed E-state index contributed by atoms with van der Waals surface area (Å²) >= 11 is 3.49. The van der Waals surface area contributed by atoms with Crippen LogP contribution in [0.3, 0.4) is 0 Å². The van der Waals surface area contributed by atoms with Crippen molar-refractivity contribution in [3.05, 3.63) is 33.8 Å².